The van der Waals surface area contributed by atoms with Crippen molar-refractivity contribution in [1.82, 2.24) is 0 Å². The van der Waals surface area contributed by atoms with Gasteiger partial charge in [0.2, 0.25) is 0 Å². The van der Waals surface area contributed by atoms with E-state index in [1.165, 1.54) is 0 Å². The van der Waals surface area contributed by atoms with E-state index in [0.717, 1.165) is 5.06 Å². The van der Waals surface area contributed by atoms with Crippen molar-refractivity contribution in [2.45, 2.75) is 0 Å². The van der Waals surface area contributed by atoms with Gasteiger partial charge in [-0.05, 0) is 17.5 Å². The first-order valence-electron chi connectivity index (χ1n) is 6.32. The van der Waals surface area contributed by atoms with Gasteiger partial charge in [-0.2, -0.15) is 0 Å². The fourth-order valence-electron chi connectivity index (χ4n) is 1.23. The maximum Gasteiger partial charge on any atom is 0.173 e. The number of thiophene rings is 1. The molecule has 0 radical (unpaired) electrons. The van der Waals surface area contributed by atoms with Crippen molar-refractivity contribution >= 4 is 11.3 Å². The molecule has 0 fully saturated rings. The molecule has 0 aliphatic carbocycles. The molecule has 1 aromatic heterocycles. The summed E-state index contributed by atoms with van der Waals surface area (Å²) >= 11 is 1.58. The summed E-state index contributed by atoms with van der Waals surface area (Å²) in [4.78, 5) is 0. The second-order valence-corrected chi connectivity index (χ2v) is 4.52. The van der Waals surface area contributed by atoms with Crippen molar-refractivity contribution in [3.8, 4) is 5.06 Å². The summed E-state index contributed by atoms with van der Waals surface area (Å²) in [5, 5.41) is 2.91. The van der Waals surface area contributed by atoms with E-state index in [-0.39, 0.29) is 0 Å². The van der Waals surface area contributed by atoms with Crippen molar-refractivity contribution < 1.29 is 23.7 Å². The molecule has 0 aliphatic rings. The van der Waals surface area contributed by atoms with Gasteiger partial charge in [-0.25, -0.2) is 0 Å². The molecule has 110 valence electrons. The van der Waals surface area contributed by atoms with Crippen LogP contribution in [0.25, 0.3) is 0 Å². The van der Waals surface area contributed by atoms with E-state index < -0.39 is 0 Å². The van der Waals surface area contributed by atoms with Crippen LogP contribution in [-0.4, -0.2) is 60.0 Å². The van der Waals surface area contributed by atoms with Crippen LogP contribution < -0.4 is 4.74 Å². The van der Waals surface area contributed by atoms with Crippen LogP contribution in [0.3, 0.4) is 0 Å². The van der Waals surface area contributed by atoms with Gasteiger partial charge >= 0.3 is 0 Å². The molecule has 0 spiro atoms. The molecule has 0 aliphatic heterocycles. The average molecular weight is 290 g/mol. The Morgan fingerprint density at radius 2 is 1.42 bits per heavy atom. The summed E-state index contributed by atoms with van der Waals surface area (Å²) in [5.74, 6) is 0. The lowest BCUT2D eigenvalue weighted by atomic mass is 10.6. The van der Waals surface area contributed by atoms with Crippen molar-refractivity contribution in [2.75, 3.05) is 60.0 Å². The van der Waals surface area contributed by atoms with E-state index in [4.69, 9.17) is 23.7 Å². The minimum absolute atomic E-state index is 0.570. The number of ether oxygens (including phenoxy) is 5. The van der Waals surface area contributed by atoms with E-state index >= 15 is 0 Å². The molecular weight excluding hydrogens is 268 g/mol. The van der Waals surface area contributed by atoms with E-state index in [1.54, 1.807) is 18.4 Å². The molecule has 0 saturated heterocycles. The molecule has 6 heteroatoms. The van der Waals surface area contributed by atoms with E-state index in [1.807, 2.05) is 17.5 Å². The van der Waals surface area contributed by atoms with Gasteiger partial charge in [0.05, 0.1) is 46.2 Å². The lowest BCUT2D eigenvalue weighted by Gasteiger charge is -2.07. The fraction of sp³-hybridized carbons (Fsp3) is 0.692. The smallest absolute Gasteiger partial charge is 0.173 e. The predicted molar refractivity (Wildman–Crippen MR) is 74.1 cm³/mol. The topological polar surface area (TPSA) is 46.2 Å². The van der Waals surface area contributed by atoms with Gasteiger partial charge < -0.3 is 23.7 Å². The second kappa shape index (κ2) is 12.4. The molecule has 5 nitrogen and oxygen atoms in total. The third-order valence-corrected chi connectivity index (χ3v) is 2.92. The van der Waals surface area contributed by atoms with Gasteiger partial charge in [-0.1, -0.05) is 0 Å². The summed E-state index contributed by atoms with van der Waals surface area (Å²) < 4.78 is 26.3. The zero-order chi connectivity index (χ0) is 13.6. The van der Waals surface area contributed by atoms with Gasteiger partial charge in [-0.3, -0.25) is 0 Å². The molecule has 0 N–H and O–H groups in total. The lowest BCUT2D eigenvalue weighted by Crippen LogP contribution is -2.13. The number of hydrogen-bond acceptors (Lipinski definition) is 6. The molecule has 0 amide bonds. The molecule has 0 bridgehead atoms. The Morgan fingerprint density at radius 3 is 1.95 bits per heavy atom. The van der Waals surface area contributed by atoms with Crippen LogP contribution in [0.2, 0.25) is 0 Å². The van der Waals surface area contributed by atoms with E-state index in [2.05, 4.69) is 0 Å². The molecule has 1 rings (SSSR count). The number of hydrogen-bond donors (Lipinski definition) is 0. The van der Waals surface area contributed by atoms with Gasteiger partial charge in [0.1, 0.15) is 6.61 Å². The Hall–Kier alpha value is -0.660. The van der Waals surface area contributed by atoms with Crippen molar-refractivity contribution in [1.29, 1.82) is 0 Å². The SMILES string of the molecule is COCCOCCOCCOCCOc1cccs1. The Morgan fingerprint density at radius 1 is 0.842 bits per heavy atom. The highest BCUT2D eigenvalue weighted by Gasteiger charge is 1.94. The average Bonchev–Trinajstić information content (AvgIpc) is 2.93. The Bertz CT molecular complexity index is 279. The minimum Gasteiger partial charge on any atom is -0.482 e. The van der Waals surface area contributed by atoms with E-state index in [9.17, 15) is 0 Å². The quantitative estimate of drug-likeness (QED) is 0.519. The molecule has 19 heavy (non-hydrogen) atoms. The lowest BCUT2D eigenvalue weighted by molar-refractivity contribution is 0.000296. The fourth-order valence-corrected chi connectivity index (χ4v) is 1.83. The second-order valence-electron chi connectivity index (χ2n) is 3.61. The zero-order valence-corrected chi connectivity index (χ0v) is 12.2. The Balaban J connectivity index is 1.72. The normalized spacial score (nSPS) is 10.8. The summed E-state index contributed by atoms with van der Waals surface area (Å²) in [6.45, 7) is 4.69. The molecular formula is C13H22O5S. The highest BCUT2D eigenvalue weighted by Crippen LogP contribution is 2.17. The largest absolute Gasteiger partial charge is 0.482 e. The van der Waals surface area contributed by atoms with Crippen LogP contribution in [0.5, 0.6) is 5.06 Å². The first-order valence-corrected chi connectivity index (χ1v) is 7.20. The molecule has 0 saturated carbocycles. The predicted octanol–water partition coefficient (Wildman–Crippen LogP) is 1.82. The Labute approximate surface area is 118 Å². The summed E-state index contributed by atoms with van der Waals surface area (Å²) in [5.41, 5.74) is 0. The summed E-state index contributed by atoms with van der Waals surface area (Å²) in [6.07, 6.45) is 0. The Kier molecular flexibility index (Phi) is 10.7. The van der Waals surface area contributed by atoms with Crippen molar-refractivity contribution in [3.05, 3.63) is 17.5 Å². The van der Waals surface area contributed by atoms with Crippen LogP contribution in [-0.2, 0) is 18.9 Å². The van der Waals surface area contributed by atoms with Crippen LogP contribution in [0.1, 0.15) is 0 Å². The van der Waals surface area contributed by atoms with Crippen LogP contribution in [0, 0.1) is 0 Å². The highest BCUT2D eigenvalue weighted by atomic mass is 32.1. The minimum atomic E-state index is 0.570. The third kappa shape index (κ3) is 9.86. The van der Waals surface area contributed by atoms with Crippen LogP contribution >= 0.6 is 11.3 Å². The molecule has 0 aromatic carbocycles. The van der Waals surface area contributed by atoms with Crippen LogP contribution in [0.4, 0.5) is 0 Å². The van der Waals surface area contributed by atoms with Gasteiger partial charge in [-0.15, -0.1) is 11.3 Å². The molecule has 0 atom stereocenters. The standard InChI is InChI=1S/C13H22O5S/c1-14-4-5-15-6-7-16-8-9-17-10-11-18-13-3-2-12-19-13/h2-3,12H,4-11H2,1H3. The monoisotopic (exact) mass is 290 g/mol. The first-order chi connectivity index (χ1) is 9.43. The molecule has 1 heterocycles. The third-order valence-electron chi connectivity index (χ3n) is 2.14. The zero-order valence-electron chi connectivity index (χ0n) is 11.3. The van der Waals surface area contributed by atoms with Gasteiger partial charge in [0.25, 0.3) is 0 Å². The highest BCUT2D eigenvalue weighted by molar-refractivity contribution is 7.11. The number of rotatable bonds is 13. The summed E-state index contributed by atoms with van der Waals surface area (Å²) in [6, 6.07) is 3.90. The molecule has 0 unspecified atom stereocenters. The van der Waals surface area contributed by atoms with Crippen LogP contribution in [0.15, 0.2) is 17.5 Å². The van der Waals surface area contributed by atoms with Gasteiger partial charge in [0, 0.05) is 7.11 Å². The number of methoxy groups -OCH3 is 1. The molecule has 1 aromatic rings. The van der Waals surface area contributed by atoms with Gasteiger partial charge in [0.15, 0.2) is 5.06 Å². The first kappa shape index (κ1) is 16.4. The summed E-state index contributed by atoms with van der Waals surface area (Å²) in [7, 11) is 1.65. The maximum absolute atomic E-state index is 5.45. The van der Waals surface area contributed by atoms with Crippen molar-refractivity contribution in [3.63, 3.8) is 0 Å². The van der Waals surface area contributed by atoms with Crippen molar-refractivity contribution in [2.24, 2.45) is 0 Å². The van der Waals surface area contributed by atoms with E-state index in [0.29, 0.717) is 52.9 Å². The maximum atomic E-state index is 5.45.